The summed E-state index contributed by atoms with van der Waals surface area (Å²) in [6.45, 7) is 0.379. The number of hydrogen-bond donors (Lipinski definition) is 3. The second-order valence-corrected chi connectivity index (χ2v) is 6.10. The molecule has 0 unspecified atom stereocenters. The Morgan fingerprint density at radius 1 is 1.58 bits per heavy atom. The van der Waals surface area contributed by atoms with Gasteiger partial charge in [0, 0.05) is 22.3 Å². The van der Waals surface area contributed by atoms with Crippen molar-refractivity contribution >= 4 is 39.3 Å². The maximum absolute atomic E-state index is 11.9. The molecule has 1 aliphatic heterocycles. The van der Waals surface area contributed by atoms with E-state index in [1.807, 2.05) is 11.4 Å². The fourth-order valence-corrected chi connectivity index (χ4v) is 3.41. The number of aliphatic hydroxyl groups is 1. The first-order valence-corrected chi connectivity index (χ1v) is 7.33. The van der Waals surface area contributed by atoms with Gasteiger partial charge in [0.1, 0.15) is 6.04 Å². The molecule has 0 spiro atoms. The number of thiophene rings is 1. The molecule has 1 aromatic heterocycles. The minimum atomic E-state index is -1.09. The molecule has 0 saturated carbocycles. The summed E-state index contributed by atoms with van der Waals surface area (Å²) in [5.74, 6) is -1.09. The summed E-state index contributed by atoms with van der Waals surface area (Å²) in [4.78, 5) is 25.1. The van der Waals surface area contributed by atoms with Crippen molar-refractivity contribution < 1.29 is 19.8 Å². The number of likely N-dealkylation sites (tertiary alicyclic amines) is 1. The van der Waals surface area contributed by atoms with Crippen LogP contribution in [0.1, 0.15) is 11.3 Å². The Hall–Kier alpha value is -1.12. The van der Waals surface area contributed by atoms with Crippen molar-refractivity contribution in [1.29, 1.82) is 0 Å². The zero-order valence-electron chi connectivity index (χ0n) is 9.88. The van der Waals surface area contributed by atoms with Crippen LogP contribution >= 0.6 is 27.3 Å². The normalized spacial score (nSPS) is 22.5. The number of nitrogens with one attached hydrogen (secondary N) is 1. The van der Waals surface area contributed by atoms with Gasteiger partial charge in [0.25, 0.3) is 0 Å². The SMILES string of the molecule is O=C(O)[C@@H]1C[C@H](O)CN1C(=O)NCc1sccc1Br. The topological polar surface area (TPSA) is 89.9 Å². The average molecular weight is 349 g/mol. The number of carboxylic acids is 1. The molecule has 1 aliphatic rings. The van der Waals surface area contributed by atoms with Gasteiger partial charge in [-0.15, -0.1) is 11.3 Å². The number of hydrogen-bond acceptors (Lipinski definition) is 4. The van der Waals surface area contributed by atoms with Gasteiger partial charge in [-0.1, -0.05) is 0 Å². The lowest BCUT2D eigenvalue weighted by atomic mass is 10.2. The summed E-state index contributed by atoms with van der Waals surface area (Å²) in [5, 5.41) is 23.0. The van der Waals surface area contributed by atoms with Gasteiger partial charge in [-0.3, -0.25) is 0 Å². The molecule has 0 radical (unpaired) electrons. The zero-order chi connectivity index (χ0) is 14.0. The standard InChI is InChI=1S/C11H13BrN2O4S/c12-7-1-2-19-9(7)4-13-11(18)14-5-6(15)3-8(14)10(16)17/h1-2,6,8,15H,3-5H2,(H,13,18)(H,16,17)/t6-,8-/m0/s1. The van der Waals surface area contributed by atoms with E-state index in [0.717, 1.165) is 14.2 Å². The fraction of sp³-hybridized carbons (Fsp3) is 0.455. The molecule has 2 atom stereocenters. The van der Waals surface area contributed by atoms with E-state index in [4.69, 9.17) is 5.11 Å². The van der Waals surface area contributed by atoms with E-state index < -0.39 is 24.1 Å². The van der Waals surface area contributed by atoms with Gasteiger partial charge in [0.2, 0.25) is 0 Å². The van der Waals surface area contributed by atoms with Crippen LogP contribution in [0.15, 0.2) is 15.9 Å². The van der Waals surface area contributed by atoms with Crippen molar-refractivity contribution in [3.05, 3.63) is 20.8 Å². The molecule has 0 aliphatic carbocycles. The fourth-order valence-electron chi connectivity index (χ4n) is 1.98. The molecule has 1 saturated heterocycles. The van der Waals surface area contributed by atoms with Crippen molar-refractivity contribution in [1.82, 2.24) is 10.2 Å². The average Bonchev–Trinajstić information content (AvgIpc) is 2.92. The van der Waals surface area contributed by atoms with Gasteiger partial charge in [0.15, 0.2) is 0 Å². The van der Waals surface area contributed by atoms with Gasteiger partial charge in [-0.05, 0) is 27.4 Å². The molecule has 19 heavy (non-hydrogen) atoms. The number of urea groups is 1. The van der Waals surface area contributed by atoms with Crippen molar-refractivity contribution in [2.45, 2.75) is 25.1 Å². The van der Waals surface area contributed by atoms with E-state index in [2.05, 4.69) is 21.2 Å². The molecule has 2 amide bonds. The Bertz CT molecular complexity index is 493. The van der Waals surface area contributed by atoms with Crippen LogP contribution in [0.5, 0.6) is 0 Å². The number of carbonyl (C=O) groups excluding carboxylic acids is 1. The lowest BCUT2D eigenvalue weighted by Crippen LogP contribution is -2.45. The Labute approximate surface area is 122 Å². The van der Waals surface area contributed by atoms with Crippen molar-refractivity contribution in [2.24, 2.45) is 0 Å². The molecule has 3 N–H and O–H groups in total. The number of carboxylic acid groups (broad SMARTS) is 1. The van der Waals surface area contributed by atoms with Crippen LogP contribution in [-0.2, 0) is 11.3 Å². The van der Waals surface area contributed by atoms with Gasteiger partial charge in [-0.25, -0.2) is 9.59 Å². The van der Waals surface area contributed by atoms with Crippen molar-refractivity contribution in [3.63, 3.8) is 0 Å². The largest absolute Gasteiger partial charge is 0.480 e. The lowest BCUT2D eigenvalue weighted by molar-refractivity contribution is -0.141. The van der Waals surface area contributed by atoms with Crippen LogP contribution in [0, 0.1) is 0 Å². The third-order valence-corrected chi connectivity index (χ3v) is 4.84. The highest BCUT2D eigenvalue weighted by molar-refractivity contribution is 9.10. The van der Waals surface area contributed by atoms with Crippen LogP contribution in [-0.4, -0.2) is 45.8 Å². The highest BCUT2D eigenvalue weighted by Crippen LogP contribution is 2.23. The molecule has 8 heteroatoms. The first-order chi connectivity index (χ1) is 8.99. The molecule has 1 aromatic rings. The zero-order valence-corrected chi connectivity index (χ0v) is 12.3. The quantitative estimate of drug-likeness (QED) is 0.766. The van der Waals surface area contributed by atoms with E-state index in [1.165, 1.54) is 11.3 Å². The molecule has 0 bridgehead atoms. The summed E-state index contributed by atoms with van der Waals surface area (Å²) in [6, 6.07) is 0.456. The molecule has 0 aromatic carbocycles. The second-order valence-electron chi connectivity index (χ2n) is 4.25. The van der Waals surface area contributed by atoms with Crippen LogP contribution in [0.25, 0.3) is 0 Å². The number of nitrogens with zero attached hydrogens (tertiary/aromatic N) is 1. The third kappa shape index (κ3) is 3.26. The molecule has 2 heterocycles. The molecule has 104 valence electrons. The van der Waals surface area contributed by atoms with Gasteiger partial charge < -0.3 is 20.4 Å². The molecular formula is C11H13BrN2O4S. The lowest BCUT2D eigenvalue weighted by Gasteiger charge is -2.21. The Morgan fingerprint density at radius 2 is 2.32 bits per heavy atom. The van der Waals surface area contributed by atoms with Crippen LogP contribution in [0.2, 0.25) is 0 Å². The highest BCUT2D eigenvalue weighted by atomic mass is 79.9. The Morgan fingerprint density at radius 3 is 2.89 bits per heavy atom. The first kappa shape index (κ1) is 14.3. The van der Waals surface area contributed by atoms with Crippen molar-refractivity contribution in [3.8, 4) is 0 Å². The smallest absolute Gasteiger partial charge is 0.326 e. The second kappa shape index (κ2) is 5.89. The molecule has 1 fully saturated rings. The number of halogens is 1. The predicted octanol–water partition coefficient (Wildman–Crippen LogP) is 1.24. The molecule has 6 nitrogen and oxygen atoms in total. The van der Waals surface area contributed by atoms with E-state index in [9.17, 15) is 14.7 Å². The van der Waals surface area contributed by atoms with Crippen molar-refractivity contribution in [2.75, 3.05) is 6.54 Å². The number of aliphatic carboxylic acids is 1. The van der Waals surface area contributed by atoms with Gasteiger partial charge in [-0.2, -0.15) is 0 Å². The third-order valence-electron chi connectivity index (χ3n) is 2.92. The summed E-state index contributed by atoms with van der Waals surface area (Å²) in [7, 11) is 0. The van der Waals surface area contributed by atoms with Gasteiger partial charge >= 0.3 is 12.0 Å². The van der Waals surface area contributed by atoms with Gasteiger partial charge in [0.05, 0.1) is 12.6 Å². The molecular weight excluding hydrogens is 336 g/mol. The number of β-amino-alcohol motifs (C(OH)–C–C–N with tert-alkyl or cyclic N) is 1. The van der Waals surface area contributed by atoms with Crippen LogP contribution in [0.3, 0.4) is 0 Å². The summed E-state index contributed by atoms with van der Waals surface area (Å²) in [6.07, 6.45) is -0.703. The predicted molar refractivity (Wildman–Crippen MR) is 73.0 cm³/mol. The Balaban J connectivity index is 1.96. The number of rotatable bonds is 3. The number of amides is 2. The monoisotopic (exact) mass is 348 g/mol. The van der Waals surface area contributed by atoms with E-state index in [-0.39, 0.29) is 13.0 Å². The van der Waals surface area contributed by atoms with Crippen LogP contribution < -0.4 is 5.32 Å². The van der Waals surface area contributed by atoms with E-state index in [1.54, 1.807) is 0 Å². The highest BCUT2D eigenvalue weighted by Gasteiger charge is 2.38. The number of carbonyl (C=O) groups is 2. The minimum absolute atomic E-state index is 0.0500. The maximum Gasteiger partial charge on any atom is 0.326 e. The maximum atomic E-state index is 11.9. The summed E-state index contributed by atoms with van der Waals surface area (Å²) in [5.41, 5.74) is 0. The minimum Gasteiger partial charge on any atom is -0.480 e. The van der Waals surface area contributed by atoms with Crippen LogP contribution in [0.4, 0.5) is 4.79 Å². The molecule has 2 rings (SSSR count). The summed E-state index contributed by atoms with van der Waals surface area (Å²) >= 11 is 4.85. The Kier molecular flexibility index (Phi) is 4.43. The first-order valence-electron chi connectivity index (χ1n) is 5.66. The van der Waals surface area contributed by atoms with E-state index in [0.29, 0.717) is 6.54 Å². The van der Waals surface area contributed by atoms with E-state index >= 15 is 0 Å². The number of aliphatic hydroxyl groups excluding tert-OH is 1. The summed E-state index contributed by atoms with van der Waals surface area (Å²) < 4.78 is 0.911.